The van der Waals surface area contributed by atoms with E-state index in [1.165, 1.54) is 0 Å². The standard InChI is InChI=1S/C11H24N2O2S/c1-3-4-7-16(14,15)13-9-11-8-12-6-5-10(11)2/h10-13H,3-9H2,1-2H3. The first kappa shape index (κ1) is 13.9. The van der Waals surface area contributed by atoms with Crippen molar-refractivity contribution in [1.82, 2.24) is 10.0 Å². The second kappa shape index (κ2) is 6.57. The van der Waals surface area contributed by atoms with Gasteiger partial charge in [0.1, 0.15) is 0 Å². The minimum Gasteiger partial charge on any atom is -0.316 e. The van der Waals surface area contributed by atoms with E-state index < -0.39 is 10.0 Å². The molecule has 0 aromatic carbocycles. The quantitative estimate of drug-likeness (QED) is 0.736. The van der Waals surface area contributed by atoms with Crippen LogP contribution in [0.3, 0.4) is 0 Å². The minimum absolute atomic E-state index is 0.262. The predicted octanol–water partition coefficient (Wildman–Crippen LogP) is 0.952. The highest BCUT2D eigenvalue weighted by Crippen LogP contribution is 2.17. The summed E-state index contributed by atoms with van der Waals surface area (Å²) in [4.78, 5) is 0. The molecular formula is C11H24N2O2S. The molecule has 1 aliphatic heterocycles. The lowest BCUT2D eigenvalue weighted by Crippen LogP contribution is -2.42. The van der Waals surface area contributed by atoms with E-state index in [1.807, 2.05) is 6.92 Å². The number of piperidine rings is 1. The summed E-state index contributed by atoms with van der Waals surface area (Å²) in [6, 6.07) is 0. The highest BCUT2D eigenvalue weighted by Gasteiger charge is 2.22. The minimum atomic E-state index is -3.04. The number of sulfonamides is 1. The lowest BCUT2D eigenvalue weighted by Gasteiger charge is -2.29. The van der Waals surface area contributed by atoms with Crippen molar-refractivity contribution in [3.63, 3.8) is 0 Å². The Bertz CT molecular complexity index is 290. The van der Waals surface area contributed by atoms with Gasteiger partial charge in [-0.15, -0.1) is 0 Å². The van der Waals surface area contributed by atoms with E-state index in [2.05, 4.69) is 17.0 Å². The maximum absolute atomic E-state index is 11.6. The van der Waals surface area contributed by atoms with Crippen molar-refractivity contribution < 1.29 is 8.42 Å². The number of hydrogen-bond acceptors (Lipinski definition) is 3. The van der Waals surface area contributed by atoms with Crippen LogP contribution in [0.25, 0.3) is 0 Å². The monoisotopic (exact) mass is 248 g/mol. The van der Waals surface area contributed by atoms with Gasteiger partial charge in [0.2, 0.25) is 10.0 Å². The summed E-state index contributed by atoms with van der Waals surface area (Å²) in [5, 5.41) is 3.31. The fourth-order valence-corrected chi connectivity index (χ4v) is 3.25. The molecule has 0 aromatic heterocycles. The van der Waals surface area contributed by atoms with Crippen LogP contribution < -0.4 is 10.0 Å². The van der Waals surface area contributed by atoms with Crippen LogP contribution in [0.5, 0.6) is 0 Å². The van der Waals surface area contributed by atoms with Gasteiger partial charge in [0.05, 0.1) is 5.75 Å². The van der Waals surface area contributed by atoms with Gasteiger partial charge in [-0.1, -0.05) is 20.3 Å². The molecule has 1 fully saturated rings. The molecule has 2 N–H and O–H groups in total. The largest absolute Gasteiger partial charge is 0.316 e. The van der Waals surface area contributed by atoms with Crippen LogP contribution in [0.15, 0.2) is 0 Å². The van der Waals surface area contributed by atoms with E-state index in [-0.39, 0.29) is 5.75 Å². The van der Waals surface area contributed by atoms with E-state index in [9.17, 15) is 8.42 Å². The van der Waals surface area contributed by atoms with E-state index in [0.717, 1.165) is 32.4 Å². The van der Waals surface area contributed by atoms with Gasteiger partial charge in [-0.3, -0.25) is 0 Å². The molecule has 96 valence electrons. The number of nitrogens with one attached hydrogen (secondary N) is 2. The van der Waals surface area contributed by atoms with Crippen LogP contribution in [0, 0.1) is 11.8 Å². The fraction of sp³-hybridized carbons (Fsp3) is 1.00. The van der Waals surface area contributed by atoms with E-state index in [0.29, 0.717) is 18.4 Å². The number of rotatable bonds is 6. The third kappa shape index (κ3) is 4.80. The summed E-state index contributed by atoms with van der Waals surface area (Å²) in [5.41, 5.74) is 0. The fourth-order valence-electron chi connectivity index (χ4n) is 1.97. The highest BCUT2D eigenvalue weighted by molar-refractivity contribution is 7.89. The Kier molecular flexibility index (Phi) is 5.72. The van der Waals surface area contributed by atoms with Crippen LogP contribution in [0.2, 0.25) is 0 Å². The molecule has 0 saturated carbocycles. The van der Waals surface area contributed by atoms with Crippen LogP contribution >= 0.6 is 0 Å². The molecule has 0 amide bonds. The second-order valence-corrected chi connectivity index (χ2v) is 6.68. The molecule has 1 aliphatic rings. The molecule has 1 saturated heterocycles. The molecule has 2 unspecified atom stereocenters. The summed E-state index contributed by atoms with van der Waals surface area (Å²) < 4.78 is 25.9. The third-order valence-corrected chi connectivity index (χ3v) is 4.75. The van der Waals surface area contributed by atoms with Gasteiger partial charge in [0.15, 0.2) is 0 Å². The van der Waals surface area contributed by atoms with Crippen molar-refractivity contribution in [3.05, 3.63) is 0 Å². The molecule has 0 aliphatic carbocycles. The van der Waals surface area contributed by atoms with E-state index >= 15 is 0 Å². The van der Waals surface area contributed by atoms with Crippen molar-refractivity contribution >= 4 is 10.0 Å². The maximum Gasteiger partial charge on any atom is 0.211 e. The first-order valence-corrected chi connectivity index (χ1v) is 7.88. The van der Waals surface area contributed by atoms with Gasteiger partial charge in [0, 0.05) is 6.54 Å². The number of hydrogen-bond donors (Lipinski definition) is 2. The van der Waals surface area contributed by atoms with Crippen LogP contribution in [0.4, 0.5) is 0 Å². The smallest absolute Gasteiger partial charge is 0.211 e. The predicted molar refractivity (Wildman–Crippen MR) is 66.8 cm³/mol. The Morgan fingerprint density at radius 2 is 2.19 bits per heavy atom. The highest BCUT2D eigenvalue weighted by atomic mass is 32.2. The average Bonchev–Trinajstić information content (AvgIpc) is 2.26. The van der Waals surface area contributed by atoms with E-state index in [1.54, 1.807) is 0 Å². The summed E-state index contributed by atoms with van der Waals surface area (Å²) in [5.74, 6) is 1.30. The Balaban J connectivity index is 2.32. The Morgan fingerprint density at radius 3 is 2.81 bits per heavy atom. The third-order valence-electron chi connectivity index (χ3n) is 3.32. The van der Waals surface area contributed by atoms with Crippen molar-refractivity contribution in [2.24, 2.45) is 11.8 Å². The molecule has 0 spiro atoms. The van der Waals surface area contributed by atoms with Gasteiger partial charge in [-0.2, -0.15) is 0 Å². The number of unbranched alkanes of at least 4 members (excludes halogenated alkanes) is 1. The summed E-state index contributed by atoms with van der Waals surface area (Å²) in [6.07, 6.45) is 2.80. The summed E-state index contributed by atoms with van der Waals surface area (Å²) in [6.45, 7) is 6.77. The van der Waals surface area contributed by atoms with Crippen molar-refractivity contribution in [3.8, 4) is 0 Å². The zero-order valence-corrected chi connectivity index (χ0v) is 11.1. The molecule has 16 heavy (non-hydrogen) atoms. The van der Waals surface area contributed by atoms with Gasteiger partial charge in [0.25, 0.3) is 0 Å². The molecule has 0 aromatic rings. The van der Waals surface area contributed by atoms with Crippen molar-refractivity contribution in [1.29, 1.82) is 0 Å². The first-order valence-electron chi connectivity index (χ1n) is 6.23. The van der Waals surface area contributed by atoms with E-state index in [4.69, 9.17) is 0 Å². The molecule has 0 radical (unpaired) electrons. The Labute approximate surface area is 99.2 Å². The maximum atomic E-state index is 11.6. The summed E-state index contributed by atoms with van der Waals surface area (Å²) in [7, 11) is -3.04. The van der Waals surface area contributed by atoms with Crippen molar-refractivity contribution in [2.75, 3.05) is 25.4 Å². The van der Waals surface area contributed by atoms with Gasteiger partial charge in [-0.05, 0) is 37.8 Å². The topological polar surface area (TPSA) is 58.2 Å². The zero-order valence-electron chi connectivity index (χ0n) is 10.3. The van der Waals surface area contributed by atoms with Gasteiger partial charge < -0.3 is 5.32 Å². The van der Waals surface area contributed by atoms with Crippen LogP contribution in [0.1, 0.15) is 33.1 Å². The van der Waals surface area contributed by atoms with Gasteiger partial charge >= 0.3 is 0 Å². The first-order chi connectivity index (χ1) is 7.55. The molecular weight excluding hydrogens is 224 g/mol. The molecule has 2 atom stereocenters. The molecule has 4 nitrogen and oxygen atoms in total. The van der Waals surface area contributed by atoms with Crippen molar-refractivity contribution in [2.45, 2.75) is 33.1 Å². The summed E-state index contributed by atoms with van der Waals surface area (Å²) >= 11 is 0. The molecule has 1 heterocycles. The van der Waals surface area contributed by atoms with Gasteiger partial charge in [-0.25, -0.2) is 13.1 Å². The van der Waals surface area contributed by atoms with Crippen LogP contribution in [-0.4, -0.2) is 33.8 Å². The van der Waals surface area contributed by atoms with Crippen LogP contribution in [-0.2, 0) is 10.0 Å². The lowest BCUT2D eigenvalue weighted by atomic mass is 9.88. The molecule has 1 rings (SSSR count). The lowest BCUT2D eigenvalue weighted by molar-refractivity contribution is 0.275. The average molecular weight is 248 g/mol. The normalized spacial score (nSPS) is 26.9. The SMILES string of the molecule is CCCCS(=O)(=O)NCC1CNCCC1C. The Hall–Kier alpha value is -0.130. The Morgan fingerprint density at radius 1 is 1.44 bits per heavy atom. The second-order valence-electron chi connectivity index (χ2n) is 4.75. The molecule has 5 heteroatoms. The molecule has 0 bridgehead atoms. The zero-order chi connectivity index (χ0) is 12.0.